The van der Waals surface area contributed by atoms with Crippen molar-refractivity contribution >= 4 is 26.8 Å². The summed E-state index contributed by atoms with van der Waals surface area (Å²) in [5.41, 5.74) is 4.49. The number of aromatic nitrogens is 1. The molecule has 0 aliphatic rings. The first-order valence-electron chi connectivity index (χ1n) is 4.44. The number of benzene rings is 1. The van der Waals surface area contributed by atoms with E-state index in [1.54, 1.807) is 0 Å². The van der Waals surface area contributed by atoms with Crippen LogP contribution in [0.25, 0.3) is 10.9 Å². The van der Waals surface area contributed by atoms with Crippen LogP contribution in [0, 0.1) is 0 Å². The molecule has 14 heavy (non-hydrogen) atoms. The van der Waals surface area contributed by atoms with Crippen molar-refractivity contribution in [2.75, 3.05) is 6.54 Å². The molecule has 0 bridgehead atoms. The molecular formula is C10H11BrN2O. The zero-order chi connectivity index (χ0) is 9.97. The number of hydrogen-bond acceptors (Lipinski definition) is 2. The van der Waals surface area contributed by atoms with Gasteiger partial charge in [-0.05, 0) is 24.1 Å². The Morgan fingerprint density at radius 3 is 3.07 bits per heavy atom. The summed E-state index contributed by atoms with van der Waals surface area (Å²) < 4.78 is 1.07. The standard InChI is InChI=1S/C10H11BrN2O/c11-8-1-2-9-7(3-4-13-14)6-12-10(9)5-8/h1-2,5-6,12-14H,3-4H2. The minimum atomic E-state index is 0.572. The summed E-state index contributed by atoms with van der Waals surface area (Å²) in [5.74, 6) is 0. The largest absolute Gasteiger partial charge is 0.361 e. The third kappa shape index (κ3) is 1.82. The Labute approximate surface area is 90.2 Å². The van der Waals surface area contributed by atoms with E-state index in [1.165, 1.54) is 10.9 Å². The van der Waals surface area contributed by atoms with Crippen LogP contribution in [0.1, 0.15) is 5.56 Å². The summed E-state index contributed by atoms with van der Waals surface area (Å²) in [6.07, 6.45) is 2.80. The van der Waals surface area contributed by atoms with Crippen LogP contribution in [0.2, 0.25) is 0 Å². The van der Waals surface area contributed by atoms with Crippen molar-refractivity contribution in [3.8, 4) is 0 Å². The van der Waals surface area contributed by atoms with E-state index in [1.807, 2.05) is 18.3 Å². The fourth-order valence-corrected chi connectivity index (χ4v) is 1.92. The molecule has 0 spiro atoms. The van der Waals surface area contributed by atoms with E-state index in [4.69, 9.17) is 5.21 Å². The minimum Gasteiger partial charge on any atom is -0.361 e. The highest BCUT2D eigenvalue weighted by Crippen LogP contribution is 2.22. The Balaban J connectivity index is 2.37. The van der Waals surface area contributed by atoms with Crippen LogP contribution in [-0.4, -0.2) is 16.7 Å². The highest BCUT2D eigenvalue weighted by atomic mass is 79.9. The van der Waals surface area contributed by atoms with Crippen LogP contribution in [-0.2, 0) is 6.42 Å². The van der Waals surface area contributed by atoms with Crippen LogP contribution >= 0.6 is 15.9 Å². The topological polar surface area (TPSA) is 48.0 Å². The van der Waals surface area contributed by atoms with Gasteiger partial charge in [0.25, 0.3) is 0 Å². The molecule has 0 saturated carbocycles. The van der Waals surface area contributed by atoms with E-state index >= 15 is 0 Å². The van der Waals surface area contributed by atoms with Gasteiger partial charge in [0.2, 0.25) is 0 Å². The normalized spacial score (nSPS) is 11.0. The Bertz CT molecular complexity index is 439. The van der Waals surface area contributed by atoms with Gasteiger partial charge in [-0.2, -0.15) is 0 Å². The molecule has 0 saturated heterocycles. The van der Waals surface area contributed by atoms with Gasteiger partial charge in [0.05, 0.1) is 0 Å². The fourth-order valence-electron chi connectivity index (χ4n) is 1.56. The molecule has 3 nitrogen and oxygen atoms in total. The van der Waals surface area contributed by atoms with E-state index in [0.717, 1.165) is 16.4 Å². The molecule has 0 aliphatic heterocycles. The lowest BCUT2D eigenvalue weighted by molar-refractivity contribution is 0.168. The van der Waals surface area contributed by atoms with Crippen molar-refractivity contribution in [3.63, 3.8) is 0 Å². The van der Waals surface area contributed by atoms with Crippen LogP contribution in [0.15, 0.2) is 28.9 Å². The second-order valence-corrected chi connectivity index (χ2v) is 4.08. The number of aromatic amines is 1. The molecule has 2 rings (SSSR count). The monoisotopic (exact) mass is 254 g/mol. The number of hydrogen-bond donors (Lipinski definition) is 3. The highest BCUT2D eigenvalue weighted by Gasteiger charge is 2.02. The second kappa shape index (κ2) is 4.13. The molecule has 0 atom stereocenters. The summed E-state index contributed by atoms with van der Waals surface area (Å²) in [4.78, 5) is 3.20. The first-order chi connectivity index (χ1) is 6.81. The van der Waals surface area contributed by atoms with Crippen molar-refractivity contribution in [2.45, 2.75) is 6.42 Å². The summed E-state index contributed by atoms with van der Waals surface area (Å²) in [6, 6.07) is 6.14. The lowest BCUT2D eigenvalue weighted by Crippen LogP contribution is -2.10. The molecular weight excluding hydrogens is 244 g/mol. The Hall–Kier alpha value is -0.840. The third-order valence-electron chi connectivity index (χ3n) is 2.24. The average molecular weight is 255 g/mol. The lowest BCUT2D eigenvalue weighted by Gasteiger charge is -1.97. The molecule has 0 fully saturated rings. The fraction of sp³-hybridized carbons (Fsp3) is 0.200. The Morgan fingerprint density at radius 2 is 2.29 bits per heavy atom. The predicted molar refractivity (Wildman–Crippen MR) is 59.5 cm³/mol. The summed E-state index contributed by atoms with van der Waals surface area (Å²) in [5, 5.41) is 9.73. The van der Waals surface area contributed by atoms with E-state index in [9.17, 15) is 0 Å². The van der Waals surface area contributed by atoms with E-state index in [2.05, 4.69) is 32.5 Å². The lowest BCUT2D eigenvalue weighted by atomic mass is 10.1. The second-order valence-electron chi connectivity index (χ2n) is 3.16. The maximum Gasteiger partial charge on any atom is 0.0468 e. The van der Waals surface area contributed by atoms with Crippen molar-refractivity contribution in [3.05, 3.63) is 34.4 Å². The number of H-pyrrole nitrogens is 1. The molecule has 0 aliphatic carbocycles. The van der Waals surface area contributed by atoms with Crippen molar-refractivity contribution in [1.82, 2.24) is 10.5 Å². The summed E-state index contributed by atoms with van der Waals surface area (Å²) in [6.45, 7) is 0.572. The van der Waals surface area contributed by atoms with Gasteiger partial charge in [-0.15, -0.1) is 0 Å². The zero-order valence-corrected chi connectivity index (χ0v) is 9.13. The number of rotatable bonds is 3. The number of fused-ring (bicyclic) bond motifs is 1. The van der Waals surface area contributed by atoms with Gasteiger partial charge in [0, 0.05) is 28.1 Å². The van der Waals surface area contributed by atoms with Crippen molar-refractivity contribution in [1.29, 1.82) is 0 Å². The van der Waals surface area contributed by atoms with Crippen LogP contribution in [0.5, 0.6) is 0 Å². The molecule has 74 valence electrons. The first kappa shape index (κ1) is 9.71. The van der Waals surface area contributed by atoms with Crippen LogP contribution < -0.4 is 5.48 Å². The summed E-state index contributed by atoms with van der Waals surface area (Å²) >= 11 is 3.42. The minimum absolute atomic E-state index is 0.572. The van der Waals surface area contributed by atoms with Crippen molar-refractivity contribution in [2.24, 2.45) is 0 Å². The smallest absolute Gasteiger partial charge is 0.0468 e. The van der Waals surface area contributed by atoms with Gasteiger partial charge < -0.3 is 10.2 Å². The molecule has 0 unspecified atom stereocenters. The Morgan fingerprint density at radius 1 is 1.43 bits per heavy atom. The van der Waals surface area contributed by atoms with Gasteiger partial charge in [0.15, 0.2) is 0 Å². The maximum absolute atomic E-state index is 8.51. The number of hydroxylamine groups is 1. The molecule has 0 amide bonds. The molecule has 4 heteroatoms. The van der Waals surface area contributed by atoms with Gasteiger partial charge in [-0.3, -0.25) is 0 Å². The number of nitrogens with one attached hydrogen (secondary N) is 2. The molecule has 1 heterocycles. The van der Waals surface area contributed by atoms with Gasteiger partial charge in [0.1, 0.15) is 0 Å². The van der Waals surface area contributed by atoms with Gasteiger partial charge in [-0.1, -0.05) is 22.0 Å². The van der Waals surface area contributed by atoms with E-state index in [-0.39, 0.29) is 0 Å². The number of halogens is 1. The average Bonchev–Trinajstić information content (AvgIpc) is 2.57. The van der Waals surface area contributed by atoms with Gasteiger partial charge in [-0.25, -0.2) is 5.48 Å². The Kier molecular flexibility index (Phi) is 2.86. The van der Waals surface area contributed by atoms with E-state index in [0.29, 0.717) is 6.54 Å². The summed E-state index contributed by atoms with van der Waals surface area (Å²) in [7, 11) is 0. The van der Waals surface area contributed by atoms with Crippen molar-refractivity contribution < 1.29 is 5.21 Å². The maximum atomic E-state index is 8.51. The molecule has 3 N–H and O–H groups in total. The SMILES string of the molecule is ONCCc1c[nH]c2cc(Br)ccc12. The zero-order valence-electron chi connectivity index (χ0n) is 7.55. The molecule has 1 aromatic heterocycles. The van der Waals surface area contributed by atoms with Crippen LogP contribution in [0.3, 0.4) is 0 Å². The van der Waals surface area contributed by atoms with E-state index < -0.39 is 0 Å². The predicted octanol–water partition coefficient (Wildman–Crippen LogP) is 2.45. The third-order valence-corrected chi connectivity index (χ3v) is 2.73. The molecule has 1 aromatic carbocycles. The molecule has 2 aromatic rings. The highest BCUT2D eigenvalue weighted by molar-refractivity contribution is 9.10. The van der Waals surface area contributed by atoms with Crippen LogP contribution in [0.4, 0.5) is 0 Å². The molecule has 0 radical (unpaired) electrons. The van der Waals surface area contributed by atoms with Gasteiger partial charge >= 0.3 is 0 Å². The first-order valence-corrected chi connectivity index (χ1v) is 5.23. The quantitative estimate of drug-likeness (QED) is 0.738.